The van der Waals surface area contributed by atoms with E-state index in [0.717, 1.165) is 42.2 Å². The number of carbonyl (C=O) groups is 2. The maximum Gasteiger partial charge on any atom is 0.253 e. The topological polar surface area (TPSA) is 62.3 Å². The number of likely N-dealkylation sites (tertiary alicyclic amines) is 1. The molecule has 1 aliphatic heterocycles. The van der Waals surface area contributed by atoms with Gasteiger partial charge in [-0.3, -0.25) is 9.59 Å². The first-order valence-corrected chi connectivity index (χ1v) is 9.99. The van der Waals surface area contributed by atoms with Crippen LogP contribution in [0.5, 0.6) is 0 Å². The van der Waals surface area contributed by atoms with Crippen LogP contribution < -0.4 is 5.32 Å². The quantitative estimate of drug-likeness (QED) is 0.876. The molecule has 2 amide bonds. The van der Waals surface area contributed by atoms with E-state index in [4.69, 9.17) is 4.98 Å². The molecule has 26 heavy (non-hydrogen) atoms. The summed E-state index contributed by atoms with van der Waals surface area (Å²) in [7, 11) is 0. The summed E-state index contributed by atoms with van der Waals surface area (Å²) in [5.41, 5.74) is 1.67. The molecule has 0 spiro atoms. The Morgan fingerprint density at radius 1 is 1.23 bits per heavy atom. The summed E-state index contributed by atoms with van der Waals surface area (Å²) in [6, 6.07) is 9.46. The fourth-order valence-corrected chi connectivity index (χ4v) is 4.06. The number of aromatic nitrogens is 1. The van der Waals surface area contributed by atoms with Crippen LogP contribution in [0.2, 0.25) is 0 Å². The summed E-state index contributed by atoms with van der Waals surface area (Å²) in [6.45, 7) is 5.77. The van der Waals surface area contributed by atoms with Crippen molar-refractivity contribution in [2.75, 3.05) is 13.1 Å². The lowest BCUT2D eigenvalue weighted by atomic mass is 9.97. The zero-order chi connectivity index (χ0) is 18.5. The number of rotatable bonds is 5. The fraction of sp³-hybridized carbons (Fsp3) is 0.450. The fourth-order valence-electron chi connectivity index (χ4n) is 3.07. The molecule has 1 aliphatic rings. The maximum absolute atomic E-state index is 12.5. The van der Waals surface area contributed by atoms with Gasteiger partial charge in [-0.1, -0.05) is 32.0 Å². The highest BCUT2D eigenvalue weighted by atomic mass is 32.1. The van der Waals surface area contributed by atoms with E-state index in [1.807, 2.05) is 54.5 Å². The monoisotopic (exact) mass is 371 g/mol. The predicted octanol–water partition coefficient (Wildman–Crippen LogP) is 3.44. The summed E-state index contributed by atoms with van der Waals surface area (Å²) in [5, 5.41) is 6.05. The third kappa shape index (κ3) is 4.49. The lowest BCUT2D eigenvalue weighted by Crippen LogP contribution is -2.37. The molecule has 5 nitrogen and oxygen atoms in total. The van der Waals surface area contributed by atoms with Gasteiger partial charge in [0, 0.05) is 35.9 Å². The Bertz CT molecular complexity index is 749. The van der Waals surface area contributed by atoms with Gasteiger partial charge >= 0.3 is 0 Å². The minimum atomic E-state index is -0.0143. The highest BCUT2D eigenvalue weighted by Crippen LogP contribution is 2.30. The first-order chi connectivity index (χ1) is 12.5. The summed E-state index contributed by atoms with van der Waals surface area (Å²) in [5.74, 6) is 0.543. The predicted molar refractivity (Wildman–Crippen MR) is 103 cm³/mol. The van der Waals surface area contributed by atoms with Crippen molar-refractivity contribution in [3.8, 4) is 0 Å². The molecule has 0 aliphatic carbocycles. The van der Waals surface area contributed by atoms with Crippen LogP contribution in [-0.4, -0.2) is 34.8 Å². The van der Waals surface area contributed by atoms with Crippen LogP contribution in [0.15, 0.2) is 35.7 Å². The number of thiazole rings is 1. The minimum absolute atomic E-state index is 0.0143. The lowest BCUT2D eigenvalue weighted by Gasteiger charge is -2.31. The van der Waals surface area contributed by atoms with Crippen LogP contribution in [0.1, 0.15) is 53.7 Å². The second-order valence-electron chi connectivity index (χ2n) is 6.98. The summed E-state index contributed by atoms with van der Waals surface area (Å²) in [6.07, 6.45) is 1.87. The first-order valence-electron chi connectivity index (χ1n) is 9.11. The smallest absolute Gasteiger partial charge is 0.253 e. The molecule has 1 aromatic carbocycles. The molecule has 2 heterocycles. The Labute approximate surface area is 158 Å². The van der Waals surface area contributed by atoms with Gasteiger partial charge in [-0.15, -0.1) is 11.3 Å². The molecule has 0 radical (unpaired) electrons. The van der Waals surface area contributed by atoms with Crippen LogP contribution in [0.4, 0.5) is 0 Å². The minimum Gasteiger partial charge on any atom is -0.350 e. The van der Waals surface area contributed by atoms with Gasteiger partial charge in [-0.05, 0) is 25.0 Å². The third-order valence-corrected chi connectivity index (χ3v) is 5.75. The second kappa shape index (κ2) is 8.45. The van der Waals surface area contributed by atoms with Gasteiger partial charge in [0.25, 0.3) is 5.91 Å². The molecular weight excluding hydrogens is 346 g/mol. The normalized spacial score (nSPS) is 15.3. The van der Waals surface area contributed by atoms with E-state index in [9.17, 15) is 9.59 Å². The van der Waals surface area contributed by atoms with Crippen LogP contribution in [0.3, 0.4) is 0 Å². The van der Waals surface area contributed by atoms with E-state index in [1.54, 1.807) is 11.3 Å². The Balaban J connectivity index is 1.52. The molecule has 3 rings (SSSR count). The van der Waals surface area contributed by atoms with Gasteiger partial charge in [-0.25, -0.2) is 4.98 Å². The van der Waals surface area contributed by atoms with E-state index in [-0.39, 0.29) is 17.7 Å². The van der Waals surface area contributed by atoms with Crippen LogP contribution in [0, 0.1) is 5.92 Å². The highest BCUT2D eigenvalue weighted by Gasteiger charge is 2.26. The Morgan fingerprint density at radius 2 is 1.92 bits per heavy atom. The molecule has 138 valence electrons. The lowest BCUT2D eigenvalue weighted by molar-refractivity contribution is -0.124. The van der Waals surface area contributed by atoms with Crippen molar-refractivity contribution in [3.63, 3.8) is 0 Å². The van der Waals surface area contributed by atoms with E-state index in [1.165, 1.54) is 0 Å². The average Bonchev–Trinajstić information content (AvgIpc) is 3.15. The van der Waals surface area contributed by atoms with Gasteiger partial charge in [0.2, 0.25) is 5.91 Å². The number of carbonyl (C=O) groups excluding carboxylic acids is 2. The Hall–Kier alpha value is -2.21. The van der Waals surface area contributed by atoms with Crippen molar-refractivity contribution in [1.29, 1.82) is 0 Å². The average molecular weight is 372 g/mol. The number of benzene rings is 1. The molecule has 1 N–H and O–H groups in total. The van der Waals surface area contributed by atoms with Crippen molar-refractivity contribution in [2.24, 2.45) is 5.92 Å². The third-order valence-electron chi connectivity index (χ3n) is 4.69. The van der Waals surface area contributed by atoms with Crippen LogP contribution >= 0.6 is 11.3 Å². The van der Waals surface area contributed by atoms with Gasteiger partial charge < -0.3 is 10.2 Å². The number of hydrogen-bond acceptors (Lipinski definition) is 4. The largest absolute Gasteiger partial charge is 0.350 e. The molecule has 1 saturated heterocycles. The number of amides is 2. The van der Waals surface area contributed by atoms with E-state index < -0.39 is 0 Å². The highest BCUT2D eigenvalue weighted by molar-refractivity contribution is 7.09. The number of nitrogens with one attached hydrogen (secondary N) is 1. The molecule has 6 heteroatoms. The van der Waals surface area contributed by atoms with Crippen LogP contribution in [0.25, 0.3) is 0 Å². The van der Waals surface area contributed by atoms with Crippen molar-refractivity contribution < 1.29 is 9.59 Å². The van der Waals surface area contributed by atoms with E-state index in [0.29, 0.717) is 12.5 Å². The summed E-state index contributed by atoms with van der Waals surface area (Å²) >= 11 is 1.66. The second-order valence-corrected chi connectivity index (χ2v) is 7.87. The first kappa shape index (κ1) is 18.6. The molecule has 2 aromatic rings. The van der Waals surface area contributed by atoms with E-state index in [2.05, 4.69) is 5.32 Å². The molecule has 1 fully saturated rings. The molecule has 0 saturated carbocycles. The van der Waals surface area contributed by atoms with Gasteiger partial charge in [0.15, 0.2) is 0 Å². The standard InChI is InChI=1S/C20H25N3O2S/c1-14(2)18(24)21-12-17-13-26-19(22-17)15-8-10-23(11-9-15)20(25)16-6-4-3-5-7-16/h3-7,13-15H,8-12H2,1-2H3,(H,21,24). The van der Waals surface area contributed by atoms with Crippen molar-refractivity contribution >= 4 is 23.2 Å². The van der Waals surface area contributed by atoms with Crippen molar-refractivity contribution in [1.82, 2.24) is 15.2 Å². The number of piperidine rings is 1. The zero-order valence-corrected chi connectivity index (χ0v) is 16.1. The molecule has 0 bridgehead atoms. The molecule has 0 unspecified atom stereocenters. The molecule has 0 atom stereocenters. The van der Waals surface area contributed by atoms with Gasteiger partial charge in [0.1, 0.15) is 0 Å². The van der Waals surface area contributed by atoms with Gasteiger partial charge in [0.05, 0.1) is 17.2 Å². The van der Waals surface area contributed by atoms with Crippen molar-refractivity contribution in [3.05, 3.63) is 52.0 Å². The molecular formula is C20H25N3O2S. The SMILES string of the molecule is CC(C)C(=O)NCc1csc(C2CCN(C(=O)c3ccccc3)CC2)n1. The molecule has 1 aromatic heterocycles. The zero-order valence-electron chi connectivity index (χ0n) is 15.3. The number of nitrogens with zero attached hydrogens (tertiary/aromatic N) is 2. The van der Waals surface area contributed by atoms with E-state index >= 15 is 0 Å². The van der Waals surface area contributed by atoms with Crippen LogP contribution in [-0.2, 0) is 11.3 Å². The Morgan fingerprint density at radius 3 is 2.58 bits per heavy atom. The van der Waals surface area contributed by atoms with Crippen molar-refractivity contribution in [2.45, 2.75) is 39.2 Å². The summed E-state index contributed by atoms with van der Waals surface area (Å²) in [4.78, 5) is 30.8. The number of hydrogen-bond donors (Lipinski definition) is 1. The Kier molecular flexibility index (Phi) is 6.04. The van der Waals surface area contributed by atoms with Gasteiger partial charge in [-0.2, -0.15) is 0 Å². The summed E-state index contributed by atoms with van der Waals surface area (Å²) < 4.78 is 0. The maximum atomic E-state index is 12.5.